The van der Waals surface area contributed by atoms with E-state index in [1.54, 1.807) is 0 Å². The van der Waals surface area contributed by atoms with E-state index in [1.165, 1.54) is 30.5 Å². The number of likely N-dealkylation sites (tertiary alicyclic amines) is 1. The van der Waals surface area contributed by atoms with Crippen molar-refractivity contribution < 1.29 is 4.74 Å². The van der Waals surface area contributed by atoms with Crippen LogP contribution in [-0.4, -0.2) is 30.1 Å². The number of hydrogen-bond acceptors (Lipinski definition) is 3. The third-order valence-corrected chi connectivity index (χ3v) is 4.50. The first kappa shape index (κ1) is 13.9. The van der Waals surface area contributed by atoms with Crippen LogP contribution < -0.4 is 10.5 Å². The highest BCUT2D eigenvalue weighted by Gasteiger charge is 2.32. The molecular weight excluding hydrogens is 248 g/mol. The van der Waals surface area contributed by atoms with Crippen molar-refractivity contribution >= 4 is 0 Å². The minimum Gasteiger partial charge on any atom is -0.487 e. The van der Waals surface area contributed by atoms with Crippen LogP contribution in [0.4, 0.5) is 0 Å². The van der Waals surface area contributed by atoms with Gasteiger partial charge in [-0.2, -0.15) is 0 Å². The fourth-order valence-corrected chi connectivity index (χ4v) is 3.53. The van der Waals surface area contributed by atoms with Gasteiger partial charge in [0.15, 0.2) is 0 Å². The Balaban J connectivity index is 1.74. The standard InChI is InChI=1S/C17H26N2O/c1-17(2)9-14-6-3-7-15(16(14)20-17)12-19-8-4-5-13(10-18)11-19/h3,6-7,13H,4-5,8-12,18H2,1-2H3. The van der Waals surface area contributed by atoms with Crippen LogP contribution in [0.15, 0.2) is 18.2 Å². The van der Waals surface area contributed by atoms with E-state index in [0.717, 1.165) is 31.8 Å². The van der Waals surface area contributed by atoms with Gasteiger partial charge in [-0.15, -0.1) is 0 Å². The molecule has 3 rings (SSSR count). The molecule has 0 amide bonds. The Labute approximate surface area is 122 Å². The second-order valence-electron chi connectivity index (χ2n) is 6.92. The zero-order chi connectivity index (χ0) is 14.2. The molecule has 0 aliphatic carbocycles. The SMILES string of the molecule is CC1(C)Cc2cccc(CN3CCCC(CN)C3)c2O1. The summed E-state index contributed by atoms with van der Waals surface area (Å²) in [6.07, 6.45) is 3.56. The van der Waals surface area contributed by atoms with Gasteiger partial charge in [-0.25, -0.2) is 0 Å². The number of hydrogen-bond donors (Lipinski definition) is 1. The fourth-order valence-electron chi connectivity index (χ4n) is 3.53. The number of para-hydroxylation sites is 1. The van der Waals surface area contributed by atoms with E-state index < -0.39 is 0 Å². The van der Waals surface area contributed by atoms with Crippen molar-refractivity contribution in [2.24, 2.45) is 11.7 Å². The maximum absolute atomic E-state index is 6.17. The van der Waals surface area contributed by atoms with Crippen molar-refractivity contribution in [2.45, 2.75) is 45.3 Å². The molecule has 1 aromatic rings. The highest BCUT2D eigenvalue weighted by atomic mass is 16.5. The van der Waals surface area contributed by atoms with Crippen molar-refractivity contribution in [3.8, 4) is 5.75 Å². The molecule has 2 heterocycles. The number of nitrogens with zero attached hydrogens (tertiary/aromatic N) is 1. The van der Waals surface area contributed by atoms with Crippen molar-refractivity contribution in [1.82, 2.24) is 4.90 Å². The van der Waals surface area contributed by atoms with E-state index in [0.29, 0.717) is 5.92 Å². The van der Waals surface area contributed by atoms with Gasteiger partial charge in [0, 0.05) is 25.1 Å². The molecule has 3 nitrogen and oxygen atoms in total. The molecular formula is C17H26N2O. The second kappa shape index (κ2) is 5.38. The van der Waals surface area contributed by atoms with Gasteiger partial charge in [-0.05, 0) is 51.3 Å². The smallest absolute Gasteiger partial charge is 0.127 e. The molecule has 2 N–H and O–H groups in total. The largest absolute Gasteiger partial charge is 0.487 e. The van der Waals surface area contributed by atoms with Crippen molar-refractivity contribution in [3.63, 3.8) is 0 Å². The number of ether oxygens (including phenoxy) is 1. The number of rotatable bonds is 3. The lowest BCUT2D eigenvalue weighted by molar-refractivity contribution is 0.131. The molecule has 0 aromatic heterocycles. The highest BCUT2D eigenvalue weighted by molar-refractivity contribution is 5.45. The minimum absolute atomic E-state index is 0.0554. The van der Waals surface area contributed by atoms with Gasteiger partial charge in [-0.3, -0.25) is 4.90 Å². The maximum atomic E-state index is 6.17. The summed E-state index contributed by atoms with van der Waals surface area (Å²) in [6.45, 7) is 8.46. The Morgan fingerprint density at radius 2 is 2.25 bits per heavy atom. The van der Waals surface area contributed by atoms with Crippen LogP contribution in [0.5, 0.6) is 5.75 Å². The van der Waals surface area contributed by atoms with Crippen molar-refractivity contribution in [1.29, 1.82) is 0 Å². The zero-order valence-electron chi connectivity index (χ0n) is 12.7. The van der Waals surface area contributed by atoms with Crippen LogP contribution in [0, 0.1) is 5.92 Å². The average Bonchev–Trinajstić information content (AvgIpc) is 2.74. The maximum Gasteiger partial charge on any atom is 0.127 e. The summed E-state index contributed by atoms with van der Waals surface area (Å²) in [6, 6.07) is 6.59. The van der Waals surface area contributed by atoms with E-state index >= 15 is 0 Å². The van der Waals surface area contributed by atoms with E-state index in [2.05, 4.69) is 36.9 Å². The molecule has 1 unspecified atom stereocenters. The summed E-state index contributed by atoms with van der Waals surface area (Å²) >= 11 is 0. The molecule has 0 spiro atoms. The molecule has 0 saturated carbocycles. The van der Waals surface area contributed by atoms with Gasteiger partial charge in [0.05, 0.1) is 0 Å². The Morgan fingerprint density at radius 3 is 3.05 bits per heavy atom. The van der Waals surface area contributed by atoms with Gasteiger partial charge in [-0.1, -0.05) is 18.2 Å². The van der Waals surface area contributed by atoms with E-state index in [9.17, 15) is 0 Å². The molecule has 1 aromatic carbocycles. The Bertz CT molecular complexity index is 484. The van der Waals surface area contributed by atoms with E-state index in [-0.39, 0.29) is 5.60 Å². The number of piperidine rings is 1. The Morgan fingerprint density at radius 1 is 1.40 bits per heavy atom. The molecule has 3 heteroatoms. The predicted octanol–water partition coefficient (Wildman–Crippen LogP) is 2.57. The van der Waals surface area contributed by atoms with Gasteiger partial charge in [0.25, 0.3) is 0 Å². The molecule has 1 fully saturated rings. The van der Waals surface area contributed by atoms with Crippen LogP contribution in [0.2, 0.25) is 0 Å². The van der Waals surface area contributed by atoms with Gasteiger partial charge in [0.2, 0.25) is 0 Å². The van der Waals surface area contributed by atoms with Crippen molar-refractivity contribution in [3.05, 3.63) is 29.3 Å². The first-order valence-electron chi connectivity index (χ1n) is 7.79. The van der Waals surface area contributed by atoms with E-state index in [1.807, 2.05) is 0 Å². The molecule has 0 radical (unpaired) electrons. The molecule has 20 heavy (non-hydrogen) atoms. The first-order valence-corrected chi connectivity index (χ1v) is 7.79. The average molecular weight is 274 g/mol. The van der Waals surface area contributed by atoms with Crippen LogP contribution in [-0.2, 0) is 13.0 Å². The molecule has 0 bridgehead atoms. The first-order chi connectivity index (χ1) is 9.57. The second-order valence-corrected chi connectivity index (χ2v) is 6.92. The number of benzene rings is 1. The third-order valence-electron chi connectivity index (χ3n) is 4.50. The van der Waals surface area contributed by atoms with Gasteiger partial charge < -0.3 is 10.5 Å². The summed E-state index contributed by atoms with van der Waals surface area (Å²) in [5.74, 6) is 1.80. The van der Waals surface area contributed by atoms with Crippen LogP contribution in [0.25, 0.3) is 0 Å². The molecule has 1 saturated heterocycles. The van der Waals surface area contributed by atoms with E-state index in [4.69, 9.17) is 10.5 Å². The lowest BCUT2D eigenvalue weighted by Crippen LogP contribution is -2.37. The van der Waals surface area contributed by atoms with Crippen LogP contribution in [0.1, 0.15) is 37.8 Å². The Hall–Kier alpha value is -1.06. The normalized spacial score (nSPS) is 25.2. The molecule has 110 valence electrons. The molecule has 2 aliphatic heterocycles. The molecule has 2 aliphatic rings. The quantitative estimate of drug-likeness (QED) is 0.920. The van der Waals surface area contributed by atoms with Gasteiger partial charge in [0.1, 0.15) is 11.4 Å². The number of nitrogens with two attached hydrogens (primary N) is 1. The lowest BCUT2D eigenvalue weighted by Gasteiger charge is -2.32. The Kier molecular flexibility index (Phi) is 3.74. The topological polar surface area (TPSA) is 38.5 Å². The summed E-state index contributed by atoms with van der Waals surface area (Å²) in [5, 5.41) is 0. The third kappa shape index (κ3) is 2.84. The van der Waals surface area contributed by atoms with Crippen molar-refractivity contribution in [2.75, 3.05) is 19.6 Å². The summed E-state index contributed by atoms with van der Waals surface area (Å²) in [5.41, 5.74) is 8.48. The molecule has 1 atom stereocenters. The van der Waals surface area contributed by atoms with Crippen LogP contribution >= 0.6 is 0 Å². The summed E-state index contributed by atoms with van der Waals surface area (Å²) in [7, 11) is 0. The lowest BCUT2D eigenvalue weighted by atomic mass is 9.97. The summed E-state index contributed by atoms with van der Waals surface area (Å²) < 4.78 is 6.17. The van der Waals surface area contributed by atoms with Crippen LogP contribution in [0.3, 0.4) is 0 Å². The monoisotopic (exact) mass is 274 g/mol. The zero-order valence-corrected chi connectivity index (χ0v) is 12.7. The predicted molar refractivity (Wildman–Crippen MR) is 81.9 cm³/mol. The minimum atomic E-state index is -0.0554. The highest BCUT2D eigenvalue weighted by Crippen LogP contribution is 2.38. The summed E-state index contributed by atoms with van der Waals surface area (Å²) in [4.78, 5) is 2.53. The van der Waals surface area contributed by atoms with Gasteiger partial charge >= 0.3 is 0 Å². The number of fused-ring (bicyclic) bond motifs is 1. The fraction of sp³-hybridized carbons (Fsp3) is 0.647.